The second-order valence-corrected chi connectivity index (χ2v) is 7.69. The second-order valence-electron chi connectivity index (χ2n) is 7.28. The van der Waals surface area contributed by atoms with E-state index < -0.39 is 11.7 Å². The summed E-state index contributed by atoms with van der Waals surface area (Å²) in [5.41, 5.74) is 3.88. The molecular formula is C22H20ClFN2O2. The number of likely N-dealkylation sites (tertiary alicyclic amines) is 1. The minimum atomic E-state index is -0.591. The summed E-state index contributed by atoms with van der Waals surface area (Å²) in [6.07, 6.45) is 1.96. The Kier molecular flexibility index (Phi) is 4.71. The summed E-state index contributed by atoms with van der Waals surface area (Å²) in [4.78, 5) is 29.8. The van der Waals surface area contributed by atoms with Crippen LogP contribution in [0.2, 0.25) is 5.02 Å². The molecular weight excluding hydrogens is 379 g/mol. The summed E-state index contributed by atoms with van der Waals surface area (Å²) in [5.74, 6) is -1.38. The predicted octanol–water partition coefficient (Wildman–Crippen LogP) is 4.48. The minimum absolute atomic E-state index is 0.124. The number of halogens is 2. The van der Waals surface area contributed by atoms with Crippen LogP contribution in [-0.2, 0) is 9.59 Å². The van der Waals surface area contributed by atoms with Gasteiger partial charge in [-0.1, -0.05) is 35.4 Å². The van der Waals surface area contributed by atoms with Gasteiger partial charge in [-0.15, -0.1) is 0 Å². The molecule has 2 aliphatic heterocycles. The number of hydrogen-bond donors (Lipinski definition) is 0. The third-order valence-corrected chi connectivity index (χ3v) is 5.58. The van der Waals surface area contributed by atoms with Crippen LogP contribution < -0.4 is 4.90 Å². The molecule has 0 spiro atoms. The molecule has 0 N–H and O–H groups in total. The fourth-order valence-electron chi connectivity index (χ4n) is 3.95. The Morgan fingerprint density at radius 2 is 1.68 bits per heavy atom. The smallest absolute Gasteiger partial charge is 0.282 e. The van der Waals surface area contributed by atoms with E-state index >= 15 is 0 Å². The lowest BCUT2D eigenvalue weighted by molar-refractivity contribution is -0.120. The Balaban J connectivity index is 1.87. The Hall–Kier alpha value is -2.66. The van der Waals surface area contributed by atoms with Crippen molar-refractivity contribution in [1.82, 2.24) is 4.90 Å². The zero-order valence-electron chi connectivity index (χ0n) is 15.8. The fraction of sp³-hybridized carbons (Fsp3) is 0.273. The molecule has 1 fully saturated rings. The maximum atomic E-state index is 13.6. The number of hydrogen-bond acceptors (Lipinski definition) is 3. The number of rotatable bonds is 3. The highest BCUT2D eigenvalue weighted by atomic mass is 35.5. The maximum absolute atomic E-state index is 13.6. The number of benzene rings is 2. The van der Waals surface area contributed by atoms with Gasteiger partial charge in [0.15, 0.2) is 0 Å². The summed E-state index contributed by atoms with van der Waals surface area (Å²) in [6.45, 7) is 5.40. The second kappa shape index (κ2) is 7.06. The molecule has 4 nitrogen and oxygen atoms in total. The van der Waals surface area contributed by atoms with Gasteiger partial charge in [0.25, 0.3) is 11.8 Å². The van der Waals surface area contributed by atoms with Crippen LogP contribution in [0.15, 0.2) is 42.1 Å². The van der Waals surface area contributed by atoms with Crippen molar-refractivity contribution in [3.8, 4) is 0 Å². The van der Waals surface area contributed by atoms with Crippen LogP contribution in [0, 0.1) is 19.7 Å². The van der Waals surface area contributed by atoms with E-state index in [0.29, 0.717) is 11.3 Å². The molecule has 2 amide bonds. The van der Waals surface area contributed by atoms with E-state index in [4.69, 9.17) is 11.6 Å². The first-order valence-corrected chi connectivity index (χ1v) is 9.67. The van der Waals surface area contributed by atoms with Gasteiger partial charge in [-0.05, 0) is 56.0 Å². The maximum Gasteiger partial charge on any atom is 0.282 e. The lowest BCUT2D eigenvalue weighted by atomic mass is 9.97. The molecule has 0 radical (unpaired) electrons. The van der Waals surface area contributed by atoms with Crippen LogP contribution in [-0.4, -0.2) is 29.8 Å². The summed E-state index contributed by atoms with van der Waals surface area (Å²) in [7, 11) is 0. The normalized spacial score (nSPS) is 17.3. The number of nitrogens with zero attached hydrogens (tertiary/aromatic N) is 2. The standard InChI is InChI=1S/C22H20ClFN2O2/c1-13-5-7-16(14(2)11-13)19-20(25-9-3-4-10-25)22(28)26(21(19)27)15-6-8-18(24)17(23)12-15/h5-8,11-12H,3-4,9-10H2,1-2H3. The molecule has 6 heteroatoms. The van der Waals surface area contributed by atoms with Gasteiger partial charge in [0.05, 0.1) is 16.3 Å². The van der Waals surface area contributed by atoms with Gasteiger partial charge >= 0.3 is 0 Å². The van der Waals surface area contributed by atoms with E-state index in [1.165, 1.54) is 18.2 Å². The van der Waals surface area contributed by atoms with Crippen molar-refractivity contribution < 1.29 is 14.0 Å². The molecule has 0 aromatic heterocycles. The van der Waals surface area contributed by atoms with Gasteiger partial charge in [0.1, 0.15) is 11.5 Å². The molecule has 0 bridgehead atoms. The van der Waals surface area contributed by atoms with E-state index in [-0.39, 0.29) is 16.6 Å². The van der Waals surface area contributed by atoms with Crippen molar-refractivity contribution in [2.24, 2.45) is 0 Å². The number of amides is 2. The summed E-state index contributed by atoms with van der Waals surface area (Å²) in [5, 5.41) is -0.124. The van der Waals surface area contributed by atoms with E-state index in [2.05, 4.69) is 0 Å². The molecule has 144 valence electrons. The molecule has 1 saturated heterocycles. The van der Waals surface area contributed by atoms with Gasteiger partial charge in [-0.3, -0.25) is 9.59 Å². The third-order valence-electron chi connectivity index (χ3n) is 5.29. The number of carbonyl (C=O) groups is 2. The van der Waals surface area contributed by atoms with E-state index in [0.717, 1.165) is 47.5 Å². The quantitative estimate of drug-likeness (QED) is 0.716. The van der Waals surface area contributed by atoms with E-state index in [1.807, 2.05) is 36.9 Å². The Labute approximate surface area is 168 Å². The average molecular weight is 399 g/mol. The molecule has 2 aromatic rings. The van der Waals surface area contributed by atoms with Crippen molar-refractivity contribution in [1.29, 1.82) is 0 Å². The first-order chi connectivity index (χ1) is 13.4. The van der Waals surface area contributed by atoms with Gasteiger partial charge < -0.3 is 4.90 Å². The van der Waals surface area contributed by atoms with Gasteiger partial charge in [-0.25, -0.2) is 9.29 Å². The van der Waals surface area contributed by atoms with Crippen molar-refractivity contribution >= 4 is 34.7 Å². The van der Waals surface area contributed by atoms with Crippen LogP contribution in [0.5, 0.6) is 0 Å². The first kappa shape index (κ1) is 18.7. The van der Waals surface area contributed by atoms with Crippen molar-refractivity contribution in [3.05, 3.63) is 69.6 Å². The zero-order chi connectivity index (χ0) is 20.0. The highest BCUT2D eigenvalue weighted by molar-refractivity contribution is 6.45. The van der Waals surface area contributed by atoms with Crippen molar-refractivity contribution in [3.63, 3.8) is 0 Å². The molecule has 2 aliphatic rings. The largest absolute Gasteiger partial charge is 0.366 e. The lowest BCUT2D eigenvalue weighted by Crippen LogP contribution is -2.34. The Morgan fingerprint density at radius 3 is 2.32 bits per heavy atom. The molecule has 0 saturated carbocycles. The van der Waals surface area contributed by atoms with Crippen LogP contribution in [0.25, 0.3) is 5.57 Å². The summed E-state index contributed by atoms with van der Waals surface area (Å²) in [6, 6.07) is 9.72. The van der Waals surface area contributed by atoms with Crippen molar-refractivity contribution in [2.45, 2.75) is 26.7 Å². The average Bonchev–Trinajstić information content (AvgIpc) is 3.24. The summed E-state index contributed by atoms with van der Waals surface area (Å²) < 4.78 is 13.6. The number of anilines is 1. The topological polar surface area (TPSA) is 40.6 Å². The Morgan fingerprint density at radius 1 is 0.964 bits per heavy atom. The molecule has 4 rings (SSSR count). The number of carbonyl (C=O) groups excluding carboxylic acids is 2. The van der Waals surface area contributed by atoms with Gasteiger partial charge in [0.2, 0.25) is 0 Å². The van der Waals surface area contributed by atoms with E-state index in [1.54, 1.807) is 0 Å². The summed E-state index contributed by atoms with van der Waals surface area (Å²) >= 11 is 5.90. The van der Waals surface area contributed by atoms with Crippen LogP contribution in [0.3, 0.4) is 0 Å². The molecule has 2 aromatic carbocycles. The van der Waals surface area contributed by atoms with Crippen LogP contribution in [0.4, 0.5) is 10.1 Å². The van der Waals surface area contributed by atoms with Crippen LogP contribution in [0.1, 0.15) is 29.5 Å². The fourth-order valence-corrected chi connectivity index (χ4v) is 4.12. The van der Waals surface area contributed by atoms with E-state index in [9.17, 15) is 14.0 Å². The number of imide groups is 1. The van der Waals surface area contributed by atoms with Crippen molar-refractivity contribution in [2.75, 3.05) is 18.0 Å². The minimum Gasteiger partial charge on any atom is -0.366 e. The molecule has 28 heavy (non-hydrogen) atoms. The highest BCUT2D eigenvalue weighted by Gasteiger charge is 2.43. The molecule has 0 atom stereocenters. The first-order valence-electron chi connectivity index (χ1n) is 9.29. The molecule has 0 unspecified atom stereocenters. The lowest BCUT2D eigenvalue weighted by Gasteiger charge is -2.20. The SMILES string of the molecule is Cc1ccc(C2=C(N3CCCC3)C(=O)N(c3ccc(F)c(Cl)c3)C2=O)c(C)c1. The van der Waals surface area contributed by atoms with Gasteiger partial charge in [0, 0.05) is 13.1 Å². The molecule has 2 heterocycles. The third kappa shape index (κ3) is 3.00. The zero-order valence-corrected chi connectivity index (χ0v) is 16.5. The predicted molar refractivity (Wildman–Crippen MR) is 108 cm³/mol. The Bertz CT molecular complexity index is 1030. The molecule has 0 aliphatic carbocycles. The highest BCUT2D eigenvalue weighted by Crippen LogP contribution is 2.38. The number of aryl methyl sites for hydroxylation is 2. The van der Waals surface area contributed by atoms with Gasteiger partial charge in [-0.2, -0.15) is 0 Å². The monoisotopic (exact) mass is 398 g/mol. The van der Waals surface area contributed by atoms with Crippen LogP contribution >= 0.6 is 11.6 Å².